The lowest BCUT2D eigenvalue weighted by atomic mass is 9.84. The van der Waals surface area contributed by atoms with Crippen LogP contribution < -0.4 is 15.4 Å². The van der Waals surface area contributed by atoms with Gasteiger partial charge >= 0.3 is 6.09 Å². The van der Waals surface area contributed by atoms with E-state index in [-0.39, 0.29) is 18.6 Å². The third kappa shape index (κ3) is 4.68. The quantitative estimate of drug-likeness (QED) is 0.779. The van der Waals surface area contributed by atoms with Crippen LogP contribution in [0.25, 0.3) is 0 Å². The van der Waals surface area contributed by atoms with Gasteiger partial charge in [0.2, 0.25) is 0 Å². The molecule has 4 unspecified atom stereocenters. The van der Waals surface area contributed by atoms with Gasteiger partial charge < -0.3 is 14.8 Å². The van der Waals surface area contributed by atoms with Gasteiger partial charge in [-0.25, -0.2) is 4.79 Å². The highest BCUT2D eigenvalue weighted by atomic mass is 16.5. The second-order valence-corrected chi connectivity index (χ2v) is 7.36. The zero-order chi connectivity index (χ0) is 18.5. The SMILES string of the molecule is CCOC(=O)Nc1cccc(OCC(=O)NC(C)C2CC3CCC2C3)c1. The van der Waals surface area contributed by atoms with E-state index in [0.29, 0.717) is 24.0 Å². The molecule has 26 heavy (non-hydrogen) atoms. The number of hydrogen-bond donors (Lipinski definition) is 2. The highest BCUT2D eigenvalue weighted by molar-refractivity contribution is 5.84. The Bertz CT molecular complexity index is 648. The topological polar surface area (TPSA) is 76.7 Å². The monoisotopic (exact) mass is 360 g/mol. The highest BCUT2D eigenvalue weighted by Gasteiger charge is 2.42. The van der Waals surface area contributed by atoms with E-state index in [1.54, 1.807) is 31.2 Å². The molecule has 0 aliphatic heterocycles. The minimum absolute atomic E-state index is 0.0337. The minimum Gasteiger partial charge on any atom is -0.484 e. The second kappa shape index (κ2) is 8.43. The van der Waals surface area contributed by atoms with Crippen LogP contribution in [-0.4, -0.2) is 31.3 Å². The molecule has 142 valence electrons. The lowest BCUT2D eigenvalue weighted by molar-refractivity contribution is -0.124. The number of rotatable bonds is 7. The Morgan fingerprint density at radius 3 is 2.81 bits per heavy atom. The van der Waals surface area contributed by atoms with Crippen molar-refractivity contribution >= 4 is 17.7 Å². The van der Waals surface area contributed by atoms with Crippen LogP contribution in [-0.2, 0) is 9.53 Å². The number of carbonyl (C=O) groups excluding carboxylic acids is 2. The normalized spacial score (nSPS) is 24.8. The standard InChI is InChI=1S/C20H28N2O4/c1-3-25-20(24)22-16-5-4-6-17(11-16)26-12-19(23)21-13(2)18-10-14-7-8-15(18)9-14/h4-6,11,13-15,18H,3,7-10,12H2,1-2H3,(H,21,23)(H,22,24). The van der Waals surface area contributed by atoms with E-state index >= 15 is 0 Å². The predicted molar refractivity (Wildman–Crippen MR) is 99.1 cm³/mol. The molecule has 2 aliphatic rings. The molecule has 2 N–H and O–H groups in total. The van der Waals surface area contributed by atoms with Crippen molar-refractivity contribution in [2.75, 3.05) is 18.5 Å². The van der Waals surface area contributed by atoms with Crippen molar-refractivity contribution in [3.8, 4) is 5.75 Å². The summed E-state index contributed by atoms with van der Waals surface area (Å²) in [5, 5.41) is 5.70. The number of anilines is 1. The molecule has 0 saturated heterocycles. The number of ether oxygens (including phenoxy) is 2. The molecule has 0 radical (unpaired) electrons. The molecule has 6 nitrogen and oxygen atoms in total. The number of amides is 2. The van der Waals surface area contributed by atoms with Crippen LogP contribution in [0.15, 0.2) is 24.3 Å². The van der Waals surface area contributed by atoms with Gasteiger partial charge in [-0.3, -0.25) is 10.1 Å². The zero-order valence-electron chi connectivity index (χ0n) is 15.5. The minimum atomic E-state index is -0.512. The maximum Gasteiger partial charge on any atom is 0.411 e. The number of fused-ring (bicyclic) bond motifs is 2. The number of hydrogen-bond acceptors (Lipinski definition) is 4. The van der Waals surface area contributed by atoms with E-state index in [4.69, 9.17) is 9.47 Å². The molecule has 3 rings (SSSR count). The molecule has 1 aromatic rings. The molecule has 0 aromatic heterocycles. The van der Waals surface area contributed by atoms with Crippen LogP contribution in [0.5, 0.6) is 5.75 Å². The van der Waals surface area contributed by atoms with Crippen molar-refractivity contribution in [3.05, 3.63) is 24.3 Å². The first-order valence-corrected chi connectivity index (χ1v) is 9.51. The molecule has 0 spiro atoms. The largest absolute Gasteiger partial charge is 0.484 e. The van der Waals surface area contributed by atoms with Gasteiger partial charge in [0.05, 0.1) is 6.61 Å². The lowest BCUT2D eigenvalue weighted by Gasteiger charge is -2.28. The summed E-state index contributed by atoms with van der Waals surface area (Å²) in [7, 11) is 0. The fourth-order valence-electron chi connectivity index (χ4n) is 4.41. The van der Waals surface area contributed by atoms with Gasteiger partial charge in [-0.2, -0.15) is 0 Å². The lowest BCUT2D eigenvalue weighted by Crippen LogP contribution is -2.42. The summed E-state index contributed by atoms with van der Waals surface area (Å²) in [5.41, 5.74) is 0.566. The van der Waals surface area contributed by atoms with E-state index in [9.17, 15) is 9.59 Å². The Morgan fingerprint density at radius 1 is 1.27 bits per heavy atom. The summed E-state index contributed by atoms with van der Waals surface area (Å²) < 4.78 is 10.4. The Labute approximate surface area is 154 Å². The van der Waals surface area contributed by atoms with E-state index < -0.39 is 6.09 Å². The molecule has 2 bridgehead atoms. The third-order valence-corrected chi connectivity index (χ3v) is 5.55. The summed E-state index contributed by atoms with van der Waals surface area (Å²) in [5.74, 6) is 2.68. The van der Waals surface area contributed by atoms with Crippen molar-refractivity contribution < 1.29 is 19.1 Å². The van der Waals surface area contributed by atoms with Crippen molar-refractivity contribution in [1.29, 1.82) is 0 Å². The van der Waals surface area contributed by atoms with Crippen LogP contribution in [0.4, 0.5) is 10.5 Å². The van der Waals surface area contributed by atoms with Gasteiger partial charge in [0.15, 0.2) is 6.61 Å². The van der Waals surface area contributed by atoms with Gasteiger partial charge in [0.1, 0.15) is 5.75 Å². The van der Waals surface area contributed by atoms with Crippen LogP contribution in [0.3, 0.4) is 0 Å². The molecular formula is C20H28N2O4. The summed E-state index contributed by atoms with van der Waals surface area (Å²) >= 11 is 0. The van der Waals surface area contributed by atoms with Crippen molar-refractivity contribution in [2.45, 2.75) is 45.6 Å². The van der Waals surface area contributed by atoms with Crippen molar-refractivity contribution in [2.24, 2.45) is 17.8 Å². The van der Waals surface area contributed by atoms with E-state index in [0.717, 1.165) is 11.8 Å². The van der Waals surface area contributed by atoms with Crippen LogP contribution >= 0.6 is 0 Å². The Kier molecular flexibility index (Phi) is 6.01. The Hall–Kier alpha value is -2.24. The highest BCUT2D eigenvalue weighted by Crippen LogP contribution is 2.49. The van der Waals surface area contributed by atoms with Crippen LogP contribution in [0.2, 0.25) is 0 Å². The maximum absolute atomic E-state index is 12.2. The van der Waals surface area contributed by atoms with Crippen LogP contribution in [0.1, 0.15) is 39.5 Å². The van der Waals surface area contributed by atoms with Gasteiger partial charge in [-0.1, -0.05) is 12.5 Å². The number of carbonyl (C=O) groups is 2. The second-order valence-electron chi connectivity index (χ2n) is 7.36. The third-order valence-electron chi connectivity index (χ3n) is 5.55. The fourth-order valence-corrected chi connectivity index (χ4v) is 4.41. The molecular weight excluding hydrogens is 332 g/mol. The molecule has 2 saturated carbocycles. The molecule has 4 atom stereocenters. The average Bonchev–Trinajstić information content (AvgIpc) is 3.24. The first kappa shape index (κ1) is 18.5. The molecule has 0 heterocycles. The summed E-state index contributed by atoms with van der Waals surface area (Å²) in [4.78, 5) is 23.7. The maximum atomic E-state index is 12.2. The summed E-state index contributed by atoms with van der Waals surface area (Å²) in [6, 6.07) is 7.11. The van der Waals surface area contributed by atoms with Crippen molar-refractivity contribution in [1.82, 2.24) is 5.32 Å². The van der Waals surface area contributed by atoms with Gasteiger partial charge in [0.25, 0.3) is 5.91 Å². The first-order chi connectivity index (χ1) is 12.5. The fraction of sp³-hybridized carbons (Fsp3) is 0.600. The Balaban J connectivity index is 1.44. The first-order valence-electron chi connectivity index (χ1n) is 9.51. The zero-order valence-corrected chi connectivity index (χ0v) is 15.5. The van der Waals surface area contributed by atoms with Gasteiger partial charge in [0, 0.05) is 17.8 Å². The molecule has 2 aliphatic carbocycles. The van der Waals surface area contributed by atoms with Crippen LogP contribution in [0, 0.1) is 17.8 Å². The number of benzene rings is 1. The molecule has 2 amide bonds. The smallest absolute Gasteiger partial charge is 0.411 e. The molecule has 6 heteroatoms. The van der Waals surface area contributed by atoms with Gasteiger partial charge in [-0.15, -0.1) is 0 Å². The van der Waals surface area contributed by atoms with E-state index in [1.165, 1.54) is 25.7 Å². The summed E-state index contributed by atoms with van der Waals surface area (Å²) in [6.45, 7) is 4.12. The summed E-state index contributed by atoms with van der Waals surface area (Å²) in [6.07, 6.45) is 4.74. The predicted octanol–water partition coefficient (Wildman–Crippen LogP) is 3.57. The number of nitrogens with one attached hydrogen (secondary N) is 2. The van der Waals surface area contributed by atoms with Crippen molar-refractivity contribution in [3.63, 3.8) is 0 Å². The molecule has 2 fully saturated rings. The molecule has 1 aromatic carbocycles. The van der Waals surface area contributed by atoms with E-state index in [2.05, 4.69) is 17.6 Å². The van der Waals surface area contributed by atoms with Gasteiger partial charge in [-0.05, 0) is 63.0 Å². The Morgan fingerprint density at radius 2 is 2.12 bits per heavy atom. The van der Waals surface area contributed by atoms with E-state index in [1.807, 2.05) is 0 Å². The average molecular weight is 360 g/mol.